The zero-order chi connectivity index (χ0) is 10.1. The molecule has 4 nitrogen and oxygen atoms in total. The normalized spacial score (nSPS) is 46.4. The van der Waals surface area contributed by atoms with Gasteiger partial charge in [-0.15, -0.1) is 0 Å². The van der Waals surface area contributed by atoms with E-state index in [4.69, 9.17) is 14.2 Å². The zero-order valence-corrected chi connectivity index (χ0v) is 8.61. The maximum Gasteiger partial charge on any atom is 0.186 e. The fraction of sp³-hybridized carbons (Fsp3) is 1.00. The van der Waals surface area contributed by atoms with Gasteiger partial charge in [-0.05, 0) is 13.8 Å². The van der Waals surface area contributed by atoms with Crippen molar-refractivity contribution in [2.75, 3.05) is 14.2 Å². The molecular formula is C9H18O4. The summed E-state index contributed by atoms with van der Waals surface area (Å²) in [6.07, 6.45) is -0.352. The van der Waals surface area contributed by atoms with Crippen LogP contribution in [-0.4, -0.2) is 43.4 Å². The summed E-state index contributed by atoms with van der Waals surface area (Å²) in [5.74, 6) is 0. The van der Waals surface area contributed by atoms with Gasteiger partial charge in [-0.25, -0.2) is 0 Å². The SMILES string of the molecule is CO[C@@H]1O[C@@H](C)C[C@@](C)(O)[C@H]1OC. The van der Waals surface area contributed by atoms with E-state index < -0.39 is 18.0 Å². The fourth-order valence-corrected chi connectivity index (χ4v) is 1.88. The van der Waals surface area contributed by atoms with Crippen molar-refractivity contribution in [2.24, 2.45) is 0 Å². The van der Waals surface area contributed by atoms with Crippen molar-refractivity contribution in [2.45, 2.75) is 44.4 Å². The number of hydrogen-bond acceptors (Lipinski definition) is 4. The van der Waals surface area contributed by atoms with Gasteiger partial charge in [0.2, 0.25) is 0 Å². The molecule has 0 bridgehead atoms. The molecule has 13 heavy (non-hydrogen) atoms. The minimum Gasteiger partial charge on any atom is -0.387 e. The highest BCUT2D eigenvalue weighted by Gasteiger charge is 2.45. The van der Waals surface area contributed by atoms with Crippen LogP contribution in [0.5, 0.6) is 0 Å². The monoisotopic (exact) mass is 190 g/mol. The highest BCUT2D eigenvalue weighted by molar-refractivity contribution is 4.91. The average molecular weight is 190 g/mol. The third-order valence-electron chi connectivity index (χ3n) is 2.41. The molecule has 0 aliphatic carbocycles. The quantitative estimate of drug-likeness (QED) is 0.690. The summed E-state index contributed by atoms with van der Waals surface area (Å²) in [6, 6.07) is 0. The zero-order valence-electron chi connectivity index (χ0n) is 8.61. The second kappa shape index (κ2) is 3.92. The second-order valence-electron chi connectivity index (χ2n) is 3.77. The summed E-state index contributed by atoms with van der Waals surface area (Å²) >= 11 is 0. The van der Waals surface area contributed by atoms with Gasteiger partial charge in [0.1, 0.15) is 6.10 Å². The molecule has 0 saturated carbocycles. The average Bonchev–Trinajstić information content (AvgIpc) is 2.01. The summed E-state index contributed by atoms with van der Waals surface area (Å²) in [6.45, 7) is 3.65. The van der Waals surface area contributed by atoms with Crippen molar-refractivity contribution < 1.29 is 19.3 Å². The van der Waals surface area contributed by atoms with Crippen LogP contribution in [0.4, 0.5) is 0 Å². The topological polar surface area (TPSA) is 47.9 Å². The fourth-order valence-electron chi connectivity index (χ4n) is 1.88. The highest BCUT2D eigenvalue weighted by atomic mass is 16.7. The molecule has 0 aromatic heterocycles. The maximum absolute atomic E-state index is 10.0. The first-order valence-electron chi connectivity index (χ1n) is 4.44. The largest absolute Gasteiger partial charge is 0.387 e. The third-order valence-corrected chi connectivity index (χ3v) is 2.41. The van der Waals surface area contributed by atoms with Crippen LogP contribution in [-0.2, 0) is 14.2 Å². The lowest BCUT2D eigenvalue weighted by Crippen LogP contribution is -2.56. The lowest BCUT2D eigenvalue weighted by molar-refractivity contribution is -0.286. The van der Waals surface area contributed by atoms with Crippen LogP contribution >= 0.6 is 0 Å². The molecule has 1 aliphatic rings. The molecule has 4 heteroatoms. The summed E-state index contributed by atoms with van der Waals surface area (Å²) < 4.78 is 15.7. The molecule has 1 fully saturated rings. The van der Waals surface area contributed by atoms with Gasteiger partial charge in [0.15, 0.2) is 6.29 Å². The van der Waals surface area contributed by atoms with Crippen LogP contribution in [0.2, 0.25) is 0 Å². The van der Waals surface area contributed by atoms with Gasteiger partial charge >= 0.3 is 0 Å². The minimum atomic E-state index is -0.882. The molecule has 0 spiro atoms. The van der Waals surface area contributed by atoms with Crippen molar-refractivity contribution in [3.8, 4) is 0 Å². The van der Waals surface area contributed by atoms with Crippen molar-refractivity contribution in [3.05, 3.63) is 0 Å². The number of methoxy groups -OCH3 is 2. The van der Waals surface area contributed by atoms with Gasteiger partial charge in [-0.2, -0.15) is 0 Å². The molecular weight excluding hydrogens is 172 g/mol. The van der Waals surface area contributed by atoms with Gasteiger partial charge in [0.25, 0.3) is 0 Å². The van der Waals surface area contributed by atoms with Crippen molar-refractivity contribution in [3.63, 3.8) is 0 Å². The Morgan fingerprint density at radius 3 is 2.46 bits per heavy atom. The van der Waals surface area contributed by atoms with E-state index >= 15 is 0 Å². The Kier molecular flexibility index (Phi) is 3.29. The van der Waals surface area contributed by atoms with Crippen molar-refractivity contribution in [1.29, 1.82) is 0 Å². The maximum atomic E-state index is 10.0. The molecule has 0 radical (unpaired) electrons. The van der Waals surface area contributed by atoms with Crippen LogP contribution in [0.1, 0.15) is 20.3 Å². The van der Waals surface area contributed by atoms with Gasteiger partial charge in [0.05, 0.1) is 11.7 Å². The van der Waals surface area contributed by atoms with Crippen LogP contribution < -0.4 is 0 Å². The Labute approximate surface area is 78.8 Å². The summed E-state index contributed by atoms with van der Waals surface area (Å²) in [4.78, 5) is 0. The number of rotatable bonds is 2. The van der Waals surface area contributed by atoms with E-state index in [0.29, 0.717) is 6.42 Å². The first-order valence-corrected chi connectivity index (χ1v) is 4.44. The van der Waals surface area contributed by atoms with Gasteiger partial charge < -0.3 is 19.3 Å². The smallest absolute Gasteiger partial charge is 0.186 e. The molecule has 0 amide bonds. The van der Waals surface area contributed by atoms with Crippen LogP contribution in [0, 0.1) is 0 Å². The van der Waals surface area contributed by atoms with Crippen LogP contribution in [0.15, 0.2) is 0 Å². The molecule has 1 heterocycles. The third kappa shape index (κ3) is 2.20. The number of hydrogen-bond donors (Lipinski definition) is 1. The molecule has 0 unspecified atom stereocenters. The standard InChI is InChI=1S/C9H18O4/c1-6-5-9(2,10)7(11-3)8(12-4)13-6/h6-8,10H,5H2,1-4H3/t6-,7-,8+,9+/m0/s1. The van der Waals surface area contributed by atoms with E-state index in [1.54, 1.807) is 21.1 Å². The molecule has 0 aromatic rings. The molecule has 1 N–H and O–H groups in total. The molecule has 1 rings (SSSR count). The summed E-state index contributed by atoms with van der Waals surface area (Å²) in [7, 11) is 3.09. The lowest BCUT2D eigenvalue weighted by atomic mass is 9.89. The predicted octanol–water partition coefficient (Wildman–Crippen LogP) is 0.534. The molecule has 0 aromatic carbocycles. The van der Waals surface area contributed by atoms with Crippen LogP contribution in [0.3, 0.4) is 0 Å². The molecule has 1 aliphatic heterocycles. The number of aliphatic hydroxyl groups is 1. The highest BCUT2D eigenvalue weighted by Crippen LogP contribution is 2.30. The van der Waals surface area contributed by atoms with E-state index in [9.17, 15) is 5.11 Å². The Hall–Kier alpha value is -0.160. The van der Waals surface area contributed by atoms with Gasteiger partial charge in [-0.3, -0.25) is 0 Å². The minimum absolute atomic E-state index is 0.00801. The summed E-state index contributed by atoms with van der Waals surface area (Å²) in [5.41, 5.74) is -0.882. The van der Waals surface area contributed by atoms with E-state index in [-0.39, 0.29) is 6.10 Å². The van der Waals surface area contributed by atoms with E-state index in [1.807, 2.05) is 6.92 Å². The Balaban J connectivity index is 2.74. The van der Waals surface area contributed by atoms with Crippen molar-refractivity contribution in [1.82, 2.24) is 0 Å². The van der Waals surface area contributed by atoms with E-state index in [1.165, 1.54) is 0 Å². The predicted molar refractivity (Wildman–Crippen MR) is 47.4 cm³/mol. The molecule has 78 valence electrons. The first-order chi connectivity index (χ1) is 6.01. The number of ether oxygens (including phenoxy) is 3. The summed E-state index contributed by atoms with van der Waals surface area (Å²) in [5, 5.41) is 10.0. The molecule has 1 saturated heterocycles. The van der Waals surface area contributed by atoms with Crippen molar-refractivity contribution >= 4 is 0 Å². The Bertz CT molecular complexity index is 169. The Morgan fingerprint density at radius 2 is 2.00 bits per heavy atom. The lowest BCUT2D eigenvalue weighted by Gasteiger charge is -2.43. The second-order valence-corrected chi connectivity index (χ2v) is 3.77. The van der Waals surface area contributed by atoms with E-state index in [2.05, 4.69) is 0 Å². The Morgan fingerprint density at radius 1 is 1.38 bits per heavy atom. The van der Waals surface area contributed by atoms with Crippen LogP contribution in [0.25, 0.3) is 0 Å². The molecule has 4 atom stereocenters. The van der Waals surface area contributed by atoms with Gasteiger partial charge in [0, 0.05) is 20.6 Å². The first kappa shape index (κ1) is 10.9. The van der Waals surface area contributed by atoms with E-state index in [0.717, 1.165) is 0 Å². The van der Waals surface area contributed by atoms with Gasteiger partial charge in [-0.1, -0.05) is 0 Å².